The number of nitrogens with one attached hydrogen (secondary N) is 1. The highest BCUT2D eigenvalue weighted by atomic mass is 35.5. The SMILES string of the molecule is COCCCCc1c(C(=O)N(CC(C)C)C2CNCC3CCCCC32)nnn1-c1ccccc1.Cl. The Morgan fingerprint density at radius 1 is 1.17 bits per heavy atom. The number of carbonyl (C=O) groups is 1. The Hall–Kier alpha value is -1.96. The van der Waals surface area contributed by atoms with Gasteiger partial charge in [0.25, 0.3) is 5.91 Å². The van der Waals surface area contributed by atoms with Gasteiger partial charge in [0.15, 0.2) is 5.69 Å². The summed E-state index contributed by atoms with van der Waals surface area (Å²) in [5.41, 5.74) is 2.36. The Morgan fingerprint density at radius 3 is 2.69 bits per heavy atom. The lowest BCUT2D eigenvalue weighted by atomic mass is 9.72. The van der Waals surface area contributed by atoms with Crippen molar-refractivity contribution in [1.29, 1.82) is 0 Å². The highest BCUT2D eigenvalue weighted by Crippen LogP contribution is 2.37. The molecule has 0 spiro atoms. The van der Waals surface area contributed by atoms with Crippen LogP contribution in [-0.4, -0.2) is 65.2 Å². The normalized spacial score (nSPS) is 21.9. The summed E-state index contributed by atoms with van der Waals surface area (Å²) in [5, 5.41) is 12.6. The van der Waals surface area contributed by atoms with Crippen molar-refractivity contribution in [3.63, 3.8) is 0 Å². The first-order valence-corrected chi connectivity index (χ1v) is 13.1. The van der Waals surface area contributed by atoms with E-state index in [9.17, 15) is 4.79 Å². The number of methoxy groups -OCH3 is 1. The van der Waals surface area contributed by atoms with Crippen molar-refractivity contribution in [3.05, 3.63) is 41.7 Å². The second-order valence-corrected chi connectivity index (χ2v) is 10.4. The molecule has 1 N–H and O–H groups in total. The van der Waals surface area contributed by atoms with Crippen LogP contribution in [0.3, 0.4) is 0 Å². The van der Waals surface area contributed by atoms with E-state index in [1.165, 1.54) is 25.7 Å². The van der Waals surface area contributed by atoms with Crippen LogP contribution in [0.2, 0.25) is 0 Å². The minimum absolute atomic E-state index is 0. The second-order valence-electron chi connectivity index (χ2n) is 10.4. The zero-order chi connectivity index (χ0) is 23.9. The molecule has 0 radical (unpaired) electrons. The van der Waals surface area contributed by atoms with Gasteiger partial charge >= 0.3 is 0 Å². The van der Waals surface area contributed by atoms with Gasteiger partial charge in [0, 0.05) is 32.8 Å². The van der Waals surface area contributed by atoms with Crippen LogP contribution in [0.5, 0.6) is 0 Å². The van der Waals surface area contributed by atoms with E-state index >= 15 is 0 Å². The smallest absolute Gasteiger partial charge is 0.276 e. The molecule has 1 saturated carbocycles. The van der Waals surface area contributed by atoms with Crippen LogP contribution in [0.25, 0.3) is 5.69 Å². The number of hydrogen-bond donors (Lipinski definition) is 1. The predicted molar refractivity (Wildman–Crippen MR) is 141 cm³/mol. The average Bonchev–Trinajstić information content (AvgIpc) is 3.29. The number of piperidine rings is 1. The molecule has 1 aliphatic carbocycles. The number of benzene rings is 1. The summed E-state index contributed by atoms with van der Waals surface area (Å²) in [5.74, 6) is 1.67. The number of carbonyl (C=O) groups excluding carboxylic acids is 1. The molecule has 7 nitrogen and oxygen atoms in total. The largest absolute Gasteiger partial charge is 0.385 e. The summed E-state index contributed by atoms with van der Waals surface area (Å²) < 4.78 is 7.10. The van der Waals surface area contributed by atoms with Crippen LogP contribution >= 0.6 is 12.4 Å². The highest BCUT2D eigenvalue weighted by Gasteiger charge is 2.41. The minimum atomic E-state index is 0. The Labute approximate surface area is 216 Å². The molecule has 3 unspecified atom stereocenters. The number of amides is 1. The van der Waals surface area contributed by atoms with Crippen LogP contribution in [0.4, 0.5) is 0 Å². The third kappa shape index (κ3) is 6.63. The number of aromatic nitrogens is 3. The lowest BCUT2D eigenvalue weighted by Crippen LogP contribution is -2.58. The van der Waals surface area contributed by atoms with Crippen LogP contribution in [0, 0.1) is 17.8 Å². The summed E-state index contributed by atoms with van der Waals surface area (Å²) in [6, 6.07) is 10.2. The average molecular weight is 504 g/mol. The van der Waals surface area contributed by atoms with Crippen molar-refractivity contribution >= 4 is 18.3 Å². The maximum Gasteiger partial charge on any atom is 0.276 e. The first-order valence-electron chi connectivity index (χ1n) is 13.1. The zero-order valence-electron chi connectivity index (χ0n) is 21.5. The minimum Gasteiger partial charge on any atom is -0.385 e. The summed E-state index contributed by atoms with van der Waals surface area (Å²) in [7, 11) is 1.73. The number of ether oxygens (including phenoxy) is 1. The molecule has 2 heterocycles. The predicted octanol–water partition coefficient (Wildman–Crippen LogP) is 4.53. The van der Waals surface area contributed by atoms with E-state index in [2.05, 4.69) is 34.4 Å². The molecule has 8 heteroatoms. The number of rotatable bonds is 10. The van der Waals surface area contributed by atoms with Crippen molar-refractivity contribution in [1.82, 2.24) is 25.2 Å². The number of para-hydroxylation sites is 1. The molecule has 35 heavy (non-hydrogen) atoms. The number of nitrogens with zero attached hydrogens (tertiary/aromatic N) is 4. The number of hydrogen-bond acceptors (Lipinski definition) is 5. The molecule has 1 amide bonds. The van der Waals surface area contributed by atoms with E-state index in [4.69, 9.17) is 4.74 Å². The van der Waals surface area contributed by atoms with Gasteiger partial charge < -0.3 is 15.0 Å². The van der Waals surface area contributed by atoms with E-state index in [-0.39, 0.29) is 24.4 Å². The van der Waals surface area contributed by atoms with E-state index in [1.807, 2.05) is 35.0 Å². The lowest BCUT2D eigenvalue weighted by Gasteiger charge is -2.46. The van der Waals surface area contributed by atoms with Gasteiger partial charge in [0.05, 0.1) is 11.4 Å². The third-order valence-electron chi connectivity index (χ3n) is 7.42. The maximum absolute atomic E-state index is 14.2. The summed E-state index contributed by atoms with van der Waals surface area (Å²) in [4.78, 5) is 16.3. The zero-order valence-corrected chi connectivity index (χ0v) is 22.3. The standard InChI is InChI=1S/C27H41N5O2.ClH/c1-20(2)19-31(25-18-28-17-21-11-7-8-14-23(21)25)27(33)26-24(15-9-10-16-34-3)32(30-29-26)22-12-5-4-6-13-22;/h4-6,12-13,20-21,23,25,28H,7-11,14-19H2,1-3H3;1H. The Bertz CT molecular complexity index is 918. The van der Waals surface area contributed by atoms with Gasteiger partial charge in [-0.25, -0.2) is 4.68 Å². The van der Waals surface area contributed by atoms with Gasteiger partial charge in [0.2, 0.25) is 0 Å². The van der Waals surface area contributed by atoms with Gasteiger partial charge in [0.1, 0.15) is 0 Å². The monoisotopic (exact) mass is 503 g/mol. The summed E-state index contributed by atoms with van der Waals surface area (Å²) >= 11 is 0. The Morgan fingerprint density at radius 2 is 1.94 bits per heavy atom. The fourth-order valence-electron chi connectivity index (χ4n) is 5.81. The summed E-state index contributed by atoms with van der Waals surface area (Å²) in [6.45, 7) is 7.81. The summed E-state index contributed by atoms with van der Waals surface area (Å²) in [6.07, 6.45) is 7.69. The van der Waals surface area contributed by atoms with Gasteiger partial charge in [-0.3, -0.25) is 4.79 Å². The van der Waals surface area contributed by atoms with Crippen molar-refractivity contribution in [2.24, 2.45) is 17.8 Å². The fraction of sp³-hybridized carbons (Fsp3) is 0.667. The van der Waals surface area contributed by atoms with E-state index in [1.54, 1.807) is 7.11 Å². The van der Waals surface area contributed by atoms with E-state index < -0.39 is 0 Å². The molecule has 4 rings (SSSR count). The number of fused-ring (bicyclic) bond motifs is 1. The molecule has 2 aromatic rings. The van der Waals surface area contributed by atoms with Gasteiger partial charge in [-0.2, -0.15) is 0 Å². The topological polar surface area (TPSA) is 72.3 Å². The van der Waals surface area contributed by atoms with Crippen LogP contribution < -0.4 is 5.32 Å². The van der Waals surface area contributed by atoms with Crippen molar-refractivity contribution in [2.45, 2.75) is 64.8 Å². The second kappa shape index (κ2) is 13.4. The van der Waals surface area contributed by atoms with Gasteiger partial charge in [-0.15, -0.1) is 17.5 Å². The molecule has 1 aromatic heterocycles. The highest BCUT2D eigenvalue weighted by molar-refractivity contribution is 5.93. The van der Waals surface area contributed by atoms with Crippen molar-refractivity contribution < 1.29 is 9.53 Å². The van der Waals surface area contributed by atoms with Crippen molar-refractivity contribution in [3.8, 4) is 5.69 Å². The molecule has 0 bridgehead atoms. The molecule has 1 saturated heterocycles. The van der Waals surface area contributed by atoms with E-state index in [0.717, 1.165) is 50.3 Å². The van der Waals surface area contributed by atoms with Crippen LogP contribution in [0.15, 0.2) is 30.3 Å². The molecular weight excluding hydrogens is 462 g/mol. The molecule has 3 atom stereocenters. The molecule has 2 aliphatic rings. The number of unbranched alkanes of at least 4 members (excludes halogenated alkanes) is 1. The maximum atomic E-state index is 14.2. The first kappa shape index (κ1) is 27.6. The quantitative estimate of drug-likeness (QED) is 0.482. The lowest BCUT2D eigenvalue weighted by molar-refractivity contribution is 0.0327. The van der Waals surface area contributed by atoms with Gasteiger partial charge in [-0.1, -0.05) is 50.1 Å². The van der Waals surface area contributed by atoms with Crippen LogP contribution in [0.1, 0.15) is 68.6 Å². The molecular formula is C27H42ClN5O2. The number of halogens is 1. The Balaban J connectivity index is 0.00000342. The Kier molecular flexibility index (Phi) is 10.6. The van der Waals surface area contributed by atoms with Crippen LogP contribution in [-0.2, 0) is 11.2 Å². The van der Waals surface area contributed by atoms with E-state index in [0.29, 0.717) is 30.1 Å². The first-order chi connectivity index (χ1) is 16.6. The molecule has 2 fully saturated rings. The van der Waals surface area contributed by atoms with Crippen molar-refractivity contribution in [2.75, 3.05) is 33.4 Å². The fourth-order valence-corrected chi connectivity index (χ4v) is 5.81. The molecule has 1 aliphatic heterocycles. The molecule has 1 aromatic carbocycles. The third-order valence-corrected chi connectivity index (χ3v) is 7.42. The van der Waals surface area contributed by atoms with Gasteiger partial charge in [-0.05, 0) is 68.5 Å². The molecule has 194 valence electrons.